The Balaban J connectivity index is 1.76. The number of esters is 1. The number of nitrogens with one attached hydrogen (secondary N) is 2. The predicted molar refractivity (Wildman–Crippen MR) is 154 cm³/mol. The first-order valence-corrected chi connectivity index (χ1v) is 13.5. The molecule has 40 heavy (non-hydrogen) atoms. The molecule has 3 aromatic rings. The van der Waals surface area contributed by atoms with Gasteiger partial charge < -0.3 is 15.4 Å². The van der Waals surface area contributed by atoms with Crippen molar-refractivity contribution < 1.29 is 19.2 Å². The maximum absolute atomic E-state index is 13.4. The van der Waals surface area contributed by atoms with Crippen LogP contribution in [0.1, 0.15) is 24.0 Å². The number of carbonyl (C=O) groups excluding carboxylic acids is 2. The second-order valence-corrected chi connectivity index (χ2v) is 9.81. The zero-order valence-corrected chi connectivity index (χ0v) is 22.8. The summed E-state index contributed by atoms with van der Waals surface area (Å²) in [5, 5.41) is 28.1. The number of ether oxygens (including phenoxy) is 1. The maximum Gasteiger partial charge on any atom is 0.337 e. The van der Waals surface area contributed by atoms with E-state index in [-0.39, 0.29) is 34.9 Å². The predicted octanol–water partition coefficient (Wildman–Crippen LogP) is 6.02. The number of carbonyl (C=O) groups is 2. The molecule has 1 heterocycles. The summed E-state index contributed by atoms with van der Waals surface area (Å²) in [6, 6.07) is 24.0. The lowest BCUT2D eigenvalue weighted by atomic mass is 9.81. The van der Waals surface area contributed by atoms with Gasteiger partial charge in [0.25, 0.3) is 5.69 Å². The minimum Gasteiger partial charge on any atom is -0.463 e. The number of hydrogen-bond donors (Lipinski definition) is 2. The highest BCUT2D eigenvalue weighted by Gasteiger charge is 2.38. The standard InChI is InChI=1S/C29H23ClN4O5S/c1-2-39-29(36)26-25(19-12-6-7-13-21(19)30)20(16-31)28(33-27(26)18-10-4-3-5-11-18)40-17-24(35)32-22-14-8-9-15-23(22)34(37)38/h3-15,25,33H,2,17H2,1H3,(H,32,35). The Hall–Kier alpha value is -4.59. The molecular weight excluding hydrogens is 552 g/mol. The van der Waals surface area contributed by atoms with E-state index in [9.17, 15) is 25.0 Å². The molecule has 11 heteroatoms. The average Bonchev–Trinajstić information content (AvgIpc) is 2.96. The molecular formula is C29H23ClN4O5S. The van der Waals surface area contributed by atoms with Gasteiger partial charge in [0.15, 0.2) is 0 Å². The van der Waals surface area contributed by atoms with Crippen molar-refractivity contribution in [2.75, 3.05) is 17.7 Å². The first kappa shape index (κ1) is 28.4. The molecule has 0 spiro atoms. The highest BCUT2D eigenvalue weighted by molar-refractivity contribution is 8.03. The minimum atomic E-state index is -0.880. The molecule has 1 unspecified atom stereocenters. The van der Waals surface area contributed by atoms with E-state index in [2.05, 4.69) is 16.7 Å². The Morgan fingerprint density at radius 1 is 1.10 bits per heavy atom. The Kier molecular flexibility index (Phi) is 9.22. The lowest BCUT2D eigenvalue weighted by molar-refractivity contribution is -0.383. The third-order valence-corrected chi connectivity index (χ3v) is 7.31. The molecule has 0 aliphatic carbocycles. The smallest absolute Gasteiger partial charge is 0.337 e. The van der Waals surface area contributed by atoms with E-state index in [0.29, 0.717) is 26.9 Å². The molecule has 1 aliphatic heterocycles. The highest BCUT2D eigenvalue weighted by atomic mass is 35.5. The molecule has 0 bridgehead atoms. The lowest BCUT2D eigenvalue weighted by Crippen LogP contribution is -2.30. The van der Waals surface area contributed by atoms with E-state index in [1.165, 1.54) is 18.2 Å². The summed E-state index contributed by atoms with van der Waals surface area (Å²) in [6.07, 6.45) is 0. The quantitative estimate of drug-likeness (QED) is 0.180. The van der Waals surface area contributed by atoms with Gasteiger partial charge in [-0.05, 0) is 30.2 Å². The van der Waals surface area contributed by atoms with Crippen molar-refractivity contribution in [3.63, 3.8) is 0 Å². The molecule has 0 saturated carbocycles. The molecule has 0 saturated heterocycles. The van der Waals surface area contributed by atoms with Crippen molar-refractivity contribution >= 4 is 52.3 Å². The molecule has 4 rings (SSSR count). The summed E-state index contributed by atoms with van der Waals surface area (Å²) in [4.78, 5) is 37.0. The summed E-state index contributed by atoms with van der Waals surface area (Å²) in [5.41, 5.74) is 1.84. The number of halogens is 1. The van der Waals surface area contributed by atoms with Crippen LogP contribution in [0, 0.1) is 21.4 Å². The van der Waals surface area contributed by atoms with Crippen LogP contribution in [0.25, 0.3) is 5.70 Å². The number of nitro groups is 1. The van der Waals surface area contributed by atoms with Gasteiger partial charge in [-0.1, -0.05) is 84.0 Å². The number of allylic oxidation sites excluding steroid dienone is 1. The number of benzene rings is 3. The Labute approximate surface area is 239 Å². The summed E-state index contributed by atoms with van der Waals surface area (Å²) in [6.45, 7) is 1.82. The Morgan fingerprint density at radius 2 is 1.77 bits per heavy atom. The van der Waals surface area contributed by atoms with Gasteiger partial charge in [-0.15, -0.1) is 0 Å². The van der Waals surface area contributed by atoms with Crippen molar-refractivity contribution in [2.24, 2.45) is 0 Å². The second kappa shape index (κ2) is 13.0. The number of anilines is 1. The third kappa shape index (κ3) is 6.17. The zero-order valence-electron chi connectivity index (χ0n) is 21.2. The van der Waals surface area contributed by atoms with Gasteiger partial charge in [-0.3, -0.25) is 14.9 Å². The molecule has 2 N–H and O–H groups in total. The van der Waals surface area contributed by atoms with Crippen LogP contribution in [-0.2, 0) is 14.3 Å². The van der Waals surface area contributed by atoms with Crippen LogP contribution >= 0.6 is 23.4 Å². The van der Waals surface area contributed by atoms with Crippen LogP contribution in [0.3, 0.4) is 0 Å². The molecule has 1 atom stereocenters. The largest absolute Gasteiger partial charge is 0.463 e. The van der Waals surface area contributed by atoms with Gasteiger partial charge >= 0.3 is 5.97 Å². The normalized spacial score (nSPS) is 14.7. The Bertz CT molecular complexity index is 1570. The third-order valence-electron chi connectivity index (χ3n) is 5.95. The van der Waals surface area contributed by atoms with Crippen LogP contribution in [0.5, 0.6) is 0 Å². The molecule has 202 valence electrons. The van der Waals surface area contributed by atoms with Gasteiger partial charge in [-0.25, -0.2) is 4.79 Å². The number of nitrogens with zero attached hydrogens (tertiary/aromatic N) is 2. The highest BCUT2D eigenvalue weighted by Crippen LogP contribution is 2.45. The molecule has 0 fully saturated rings. The monoisotopic (exact) mass is 574 g/mol. The van der Waals surface area contributed by atoms with Gasteiger partial charge in [0.2, 0.25) is 5.91 Å². The molecule has 9 nitrogen and oxygen atoms in total. The van der Waals surface area contributed by atoms with E-state index in [4.69, 9.17) is 16.3 Å². The summed E-state index contributed by atoms with van der Waals surface area (Å²) >= 11 is 7.61. The molecule has 1 aliphatic rings. The van der Waals surface area contributed by atoms with Crippen LogP contribution in [0.2, 0.25) is 5.02 Å². The summed E-state index contributed by atoms with van der Waals surface area (Å²) < 4.78 is 5.41. The SMILES string of the molecule is CCOC(=O)C1=C(c2ccccc2)NC(SCC(=O)Nc2ccccc2[N+](=O)[O-])=C(C#N)C1c1ccccc1Cl. The summed E-state index contributed by atoms with van der Waals surface area (Å²) in [7, 11) is 0. The van der Waals surface area contributed by atoms with E-state index < -0.39 is 22.7 Å². The first-order chi connectivity index (χ1) is 19.3. The number of dihydropyridines is 1. The number of nitriles is 1. The molecule has 0 aromatic heterocycles. The number of amides is 1. The van der Waals surface area contributed by atoms with Crippen molar-refractivity contribution in [1.82, 2.24) is 5.32 Å². The van der Waals surface area contributed by atoms with Crippen LogP contribution < -0.4 is 10.6 Å². The van der Waals surface area contributed by atoms with Crippen LogP contribution in [-0.4, -0.2) is 29.2 Å². The number of para-hydroxylation sites is 2. The lowest BCUT2D eigenvalue weighted by Gasteiger charge is -2.31. The number of thioether (sulfide) groups is 1. The van der Waals surface area contributed by atoms with E-state index in [1.807, 2.05) is 30.3 Å². The summed E-state index contributed by atoms with van der Waals surface area (Å²) in [5.74, 6) is -2.17. The van der Waals surface area contributed by atoms with Gasteiger partial charge in [0, 0.05) is 11.1 Å². The fraction of sp³-hybridized carbons (Fsp3) is 0.138. The van der Waals surface area contributed by atoms with Crippen molar-refractivity contribution in [3.05, 3.63) is 121 Å². The van der Waals surface area contributed by atoms with Gasteiger partial charge in [-0.2, -0.15) is 5.26 Å². The average molecular weight is 575 g/mol. The minimum absolute atomic E-state index is 0.0626. The number of rotatable bonds is 9. The van der Waals surface area contributed by atoms with Crippen LogP contribution in [0.4, 0.5) is 11.4 Å². The fourth-order valence-electron chi connectivity index (χ4n) is 4.24. The van der Waals surface area contributed by atoms with Crippen molar-refractivity contribution in [1.29, 1.82) is 5.26 Å². The van der Waals surface area contributed by atoms with Gasteiger partial charge in [0.1, 0.15) is 5.69 Å². The molecule has 0 radical (unpaired) electrons. The number of hydrogen-bond acceptors (Lipinski definition) is 8. The maximum atomic E-state index is 13.4. The fourth-order valence-corrected chi connectivity index (χ4v) is 5.33. The molecule has 1 amide bonds. The topological polar surface area (TPSA) is 134 Å². The molecule has 3 aromatic carbocycles. The first-order valence-electron chi connectivity index (χ1n) is 12.1. The van der Waals surface area contributed by atoms with E-state index in [0.717, 1.165) is 11.8 Å². The van der Waals surface area contributed by atoms with Crippen LogP contribution in [0.15, 0.2) is 95.0 Å². The van der Waals surface area contributed by atoms with Crippen molar-refractivity contribution in [3.8, 4) is 6.07 Å². The number of nitro benzene ring substituents is 1. The zero-order chi connectivity index (χ0) is 28.6. The van der Waals surface area contributed by atoms with E-state index in [1.54, 1.807) is 37.3 Å². The van der Waals surface area contributed by atoms with E-state index >= 15 is 0 Å². The van der Waals surface area contributed by atoms with Gasteiger partial charge in [0.05, 0.1) is 51.1 Å². The second-order valence-electron chi connectivity index (χ2n) is 8.42. The Morgan fingerprint density at radius 3 is 2.45 bits per heavy atom. The van der Waals surface area contributed by atoms with Crippen molar-refractivity contribution in [2.45, 2.75) is 12.8 Å².